The Labute approximate surface area is 147 Å². The predicted octanol–water partition coefficient (Wildman–Crippen LogP) is 2.67. The van der Waals surface area contributed by atoms with Gasteiger partial charge < -0.3 is 0 Å². The summed E-state index contributed by atoms with van der Waals surface area (Å²) in [5.74, 6) is 0.135. The average molecular weight is 424 g/mol. The van der Waals surface area contributed by atoms with Gasteiger partial charge in [0, 0.05) is 17.6 Å². The molecule has 0 amide bonds. The van der Waals surface area contributed by atoms with Crippen LogP contribution in [0.15, 0.2) is 33.6 Å². The maximum atomic E-state index is 12.8. The Morgan fingerprint density at radius 2 is 1.87 bits per heavy atom. The van der Waals surface area contributed by atoms with Crippen LogP contribution in [0.3, 0.4) is 0 Å². The molecular formula is C15H22BrNO4S2. The van der Waals surface area contributed by atoms with Crippen molar-refractivity contribution in [1.29, 1.82) is 0 Å². The Bertz CT molecular complexity index is 759. The molecule has 1 aromatic carbocycles. The van der Waals surface area contributed by atoms with E-state index in [1.807, 2.05) is 13.8 Å². The van der Waals surface area contributed by atoms with Gasteiger partial charge >= 0.3 is 0 Å². The first-order valence-corrected chi connectivity index (χ1v) is 11.6. The van der Waals surface area contributed by atoms with E-state index in [0.29, 0.717) is 23.9 Å². The fourth-order valence-corrected chi connectivity index (χ4v) is 7.53. The van der Waals surface area contributed by atoms with Gasteiger partial charge in [0.1, 0.15) is 0 Å². The smallest absolute Gasteiger partial charge is 0.228 e. The standard InChI is InChI=1S/C15H22BrNO4S2/c1-12(2)11-22(18,19)13-6-5-9-17(10-13)23(20,21)15-8-4-3-7-14(15)16/h3-4,7-8,12-13H,5-6,9-11H2,1-2H3. The first-order valence-electron chi connectivity index (χ1n) is 7.61. The summed E-state index contributed by atoms with van der Waals surface area (Å²) >= 11 is 3.26. The molecule has 0 saturated carbocycles. The van der Waals surface area contributed by atoms with Gasteiger partial charge in [-0.15, -0.1) is 0 Å². The van der Waals surface area contributed by atoms with Crippen LogP contribution in [-0.4, -0.2) is 45.2 Å². The van der Waals surface area contributed by atoms with Crippen LogP contribution in [0.4, 0.5) is 0 Å². The van der Waals surface area contributed by atoms with Gasteiger partial charge in [-0.25, -0.2) is 16.8 Å². The average Bonchev–Trinajstić information content (AvgIpc) is 2.46. The number of sulfone groups is 1. The van der Waals surface area contributed by atoms with E-state index in [1.54, 1.807) is 18.2 Å². The normalized spacial score (nSPS) is 20.8. The first kappa shape index (κ1) is 18.9. The summed E-state index contributed by atoms with van der Waals surface area (Å²) in [4.78, 5) is 0.182. The Morgan fingerprint density at radius 3 is 2.48 bits per heavy atom. The fourth-order valence-electron chi connectivity index (χ4n) is 2.81. The predicted molar refractivity (Wildman–Crippen MR) is 94.5 cm³/mol. The lowest BCUT2D eigenvalue weighted by Gasteiger charge is -2.32. The van der Waals surface area contributed by atoms with Crippen molar-refractivity contribution in [2.45, 2.75) is 36.8 Å². The molecule has 0 N–H and O–H groups in total. The third-order valence-electron chi connectivity index (χ3n) is 3.87. The number of hydrogen-bond acceptors (Lipinski definition) is 4. The highest BCUT2D eigenvalue weighted by molar-refractivity contribution is 9.10. The molecule has 0 radical (unpaired) electrons. The van der Waals surface area contributed by atoms with Crippen molar-refractivity contribution < 1.29 is 16.8 Å². The van der Waals surface area contributed by atoms with Gasteiger partial charge in [-0.2, -0.15) is 4.31 Å². The Hall–Kier alpha value is -0.440. The van der Waals surface area contributed by atoms with E-state index in [2.05, 4.69) is 15.9 Å². The molecule has 5 nitrogen and oxygen atoms in total. The van der Waals surface area contributed by atoms with E-state index in [4.69, 9.17) is 0 Å². The second-order valence-electron chi connectivity index (χ2n) is 6.28. The maximum Gasteiger partial charge on any atom is 0.244 e. The zero-order chi connectivity index (χ0) is 17.3. The molecule has 1 aliphatic rings. The van der Waals surface area contributed by atoms with Gasteiger partial charge in [0.05, 0.1) is 15.9 Å². The van der Waals surface area contributed by atoms with Gasteiger partial charge in [-0.3, -0.25) is 0 Å². The van der Waals surface area contributed by atoms with Crippen LogP contribution in [0.2, 0.25) is 0 Å². The van der Waals surface area contributed by atoms with Crippen LogP contribution in [0.25, 0.3) is 0 Å². The topological polar surface area (TPSA) is 71.5 Å². The van der Waals surface area contributed by atoms with E-state index in [9.17, 15) is 16.8 Å². The van der Waals surface area contributed by atoms with Gasteiger partial charge in [-0.1, -0.05) is 26.0 Å². The molecule has 1 aromatic rings. The zero-order valence-electron chi connectivity index (χ0n) is 13.3. The summed E-state index contributed by atoms with van der Waals surface area (Å²) in [6.07, 6.45) is 1.09. The second-order valence-corrected chi connectivity index (χ2v) is 11.4. The van der Waals surface area contributed by atoms with Crippen molar-refractivity contribution in [2.24, 2.45) is 5.92 Å². The molecule has 0 bridgehead atoms. The van der Waals surface area contributed by atoms with Crippen molar-refractivity contribution in [3.63, 3.8) is 0 Å². The van der Waals surface area contributed by atoms with E-state index < -0.39 is 25.1 Å². The molecule has 0 aliphatic carbocycles. The Morgan fingerprint density at radius 1 is 1.22 bits per heavy atom. The largest absolute Gasteiger partial charge is 0.244 e. The summed E-state index contributed by atoms with van der Waals surface area (Å²) in [5.41, 5.74) is 0. The van der Waals surface area contributed by atoms with E-state index in [0.717, 1.165) is 0 Å². The number of benzene rings is 1. The first-order chi connectivity index (χ1) is 10.6. The summed E-state index contributed by atoms with van der Waals surface area (Å²) in [6, 6.07) is 6.61. The summed E-state index contributed by atoms with van der Waals surface area (Å²) in [5, 5.41) is -0.615. The van der Waals surface area contributed by atoms with E-state index in [-0.39, 0.29) is 23.1 Å². The number of sulfonamides is 1. The van der Waals surface area contributed by atoms with Gasteiger partial charge in [0.15, 0.2) is 9.84 Å². The van der Waals surface area contributed by atoms with Crippen molar-refractivity contribution >= 4 is 35.8 Å². The SMILES string of the molecule is CC(C)CS(=O)(=O)C1CCCN(S(=O)(=O)c2ccccc2Br)C1. The molecule has 2 rings (SSSR count). The lowest BCUT2D eigenvalue weighted by atomic mass is 10.2. The minimum Gasteiger partial charge on any atom is -0.228 e. The summed E-state index contributed by atoms with van der Waals surface area (Å²) in [7, 11) is -6.98. The van der Waals surface area contributed by atoms with Gasteiger partial charge in [0.25, 0.3) is 0 Å². The zero-order valence-corrected chi connectivity index (χ0v) is 16.5. The third kappa shape index (κ3) is 4.35. The lowest BCUT2D eigenvalue weighted by molar-refractivity contribution is 0.345. The molecule has 1 fully saturated rings. The molecule has 1 saturated heterocycles. The monoisotopic (exact) mass is 423 g/mol. The molecular weight excluding hydrogens is 402 g/mol. The summed E-state index contributed by atoms with van der Waals surface area (Å²) < 4.78 is 52.3. The number of rotatable bonds is 5. The molecule has 0 aromatic heterocycles. The van der Waals surface area contributed by atoms with Crippen LogP contribution >= 0.6 is 15.9 Å². The number of nitrogens with zero attached hydrogens (tertiary/aromatic N) is 1. The van der Waals surface area contributed by atoms with Crippen molar-refractivity contribution in [2.75, 3.05) is 18.8 Å². The number of halogens is 1. The highest BCUT2D eigenvalue weighted by atomic mass is 79.9. The Kier molecular flexibility index (Phi) is 5.92. The van der Waals surface area contributed by atoms with E-state index >= 15 is 0 Å². The molecule has 1 atom stereocenters. The molecule has 130 valence electrons. The fraction of sp³-hybridized carbons (Fsp3) is 0.600. The lowest BCUT2D eigenvalue weighted by Crippen LogP contribution is -2.46. The van der Waals surface area contributed by atoms with Crippen molar-refractivity contribution in [3.8, 4) is 0 Å². The quantitative estimate of drug-likeness (QED) is 0.729. The van der Waals surface area contributed by atoms with Gasteiger partial charge in [0.2, 0.25) is 10.0 Å². The van der Waals surface area contributed by atoms with Crippen LogP contribution in [0.5, 0.6) is 0 Å². The molecule has 8 heteroatoms. The van der Waals surface area contributed by atoms with Crippen molar-refractivity contribution in [1.82, 2.24) is 4.31 Å². The van der Waals surface area contributed by atoms with Crippen LogP contribution in [0.1, 0.15) is 26.7 Å². The highest BCUT2D eigenvalue weighted by Crippen LogP contribution is 2.28. The molecule has 1 heterocycles. The number of piperidine rings is 1. The molecule has 23 heavy (non-hydrogen) atoms. The molecule has 1 aliphatic heterocycles. The van der Waals surface area contributed by atoms with Crippen LogP contribution in [-0.2, 0) is 19.9 Å². The van der Waals surface area contributed by atoms with Crippen LogP contribution in [0, 0.1) is 5.92 Å². The molecule has 1 unspecified atom stereocenters. The third-order valence-corrected chi connectivity index (χ3v) is 9.28. The number of hydrogen-bond donors (Lipinski definition) is 0. The van der Waals surface area contributed by atoms with E-state index in [1.165, 1.54) is 10.4 Å². The Balaban J connectivity index is 2.26. The van der Waals surface area contributed by atoms with Crippen molar-refractivity contribution in [3.05, 3.63) is 28.7 Å². The highest BCUT2D eigenvalue weighted by Gasteiger charge is 2.36. The minimum absolute atomic E-state index is 0.0373. The van der Waals surface area contributed by atoms with Crippen LogP contribution < -0.4 is 0 Å². The summed E-state index contributed by atoms with van der Waals surface area (Å²) in [6.45, 7) is 4.11. The maximum absolute atomic E-state index is 12.8. The second kappa shape index (κ2) is 7.21. The van der Waals surface area contributed by atoms with Gasteiger partial charge in [-0.05, 0) is 46.8 Å². The molecule has 0 spiro atoms. The minimum atomic E-state index is -3.69.